The zero-order chi connectivity index (χ0) is 15.6. The van der Waals surface area contributed by atoms with Gasteiger partial charge in [0, 0.05) is 37.4 Å². The van der Waals surface area contributed by atoms with Crippen LogP contribution in [-0.4, -0.2) is 15.0 Å². The molecule has 0 spiro atoms. The van der Waals surface area contributed by atoms with Crippen molar-refractivity contribution in [3.63, 3.8) is 0 Å². The molecule has 6 nitrogen and oxygen atoms in total. The van der Waals surface area contributed by atoms with Gasteiger partial charge in [0.2, 0.25) is 5.91 Å². The number of amides is 1. The lowest BCUT2D eigenvalue weighted by Crippen LogP contribution is -2.24. The molecule has 0 aliphatic heterocycles. The van der Waals surface area contributed by atoms with Crippen molar-refractivity contribution in [2.75, 3.05) is 11.1 Å². The number of benzene rings is 1. The van der Waals surface area contributed by atoms with Gasteiger partial charge in [0.05, 0.1) is 16.4 Å². The van der Waals surface area contributed by atoms with E-state index >= 15 is 0 Å². The van der Waals surface area contributed by atoms with Crippen molar-refractivity contribution >= 4 is 40.5 Å². The van der Waals surface area contributed by atoms with Crippen LogP contribution in [0.2, 0.25) is 10.0 Å². The predicted octanol–water partition coefficient (Wildman–Crippen LogP) is 2.10. The van der Waals surface area contributed by atoms with Gasteiger partial charge in [0.15, 0.2) is 0 Å². The lowest BCUT2D eigenvalue weighted by Gasteiger charge is -2.10. The Labute approximate surface area is 131 Å². The summed E-state index contributed by atoms with van der Waals surface area (Å²) in [6, 6.07) is 3.00. The summed E-state index contributed by atoms with van der Waals surface area (Å²) in [4.78, 5) is 23.5. The van der Waals surface area contributed by atoms with Crippen molar-refractivity contribution in [2.24, 2.45) is 7.05 Å². The second kappa shape index (κ2) is 6.24. The third-order valence-corrected chi connectivity index (χ3v) is 3.46. The van der Waals surface area contributed by atoms with Crippen LogP contribution in [0.5, 0.6) is 0 Å². The first kappa shape index (κ1) is 15.5. The van der Waals surface area contributed by atoms with E-state index in [0.717, 1.165) is 0 Å². The number of nitrogen functional groups attached to an aromatic ring is 1. The molecule has 8 heteroatoms. The van der Waals surface area contributed by atoms with Gasteiger partial charge >= 0.3 is 5.69 Å². The summed E-state index contributed by atoms with van der Waals surface area (Å²) in [6.45, 7) is 0.274. The molecule has 112 valence electrons. The smallest absolute Gasteiger partial charge is 0.327 e. The van der Waals surface area contributed by atoms with Gasteiger partial charge in [-0.15, -0.1) is 0 Å². The molecular weight excluding hydrogens is 315 g/mol. The lowest BCUT2D eigenvalue weighted by molar-refractivity contribution is -0.116. The van der Waals surface area contributed by atoms with E-state index in [2.05, 4.69) is 5.32 Å². The quantitative estimate of drug-likeness (QED) is 0.843. The van der Waals surface area contributed by atoms with E-state index in [-0.39, 0.29) is 35.3 Å². The van der Waals surface area contributed by atoms with Gasteiger partial charge in [-0.2, -0.15) is 0 Å². The van der Waals surface area contributed by atoms with E-state index in [4.69, 9.17) is 28.9 Å². The fourth-order valence-electron chi connectivity index (χ4n) is 1.83. The Hall–Kier alpha value is -1.92. The van der Waals surface area contributed by atoms with Crippen LogP contribution in [0.25, 0.3) is 0 Å². The van der Waals surface area contributed by atoms with Crippen LogP contribution < -0.4 is 16.7 Å². The molecule has 3 N–H and O–H groups in total. The maximum atomic E-state index is 11.9. The van der Waals surface area contributed by atoms with Gasteiger partial charge in [-0.25, -0.2) is 4.79 Å². The van der Waals surface area contributed by atoms with Crippen LogP contribution >= 0.6 is 23.2 Å². The summed E-state index contributed by atoms with van der Waals surface area (Å²) >= 11 is 11.8. The third kappa shape index (κ3) is 3.59. The zero-order valence-corrected chi connectivity index (χ0v) is 12.8. The third-order valence-electron chi connectivity index (χ3n) is 2.95. The van der Waals surface area contributed by atoms with E-state index in [1.807, 2.05) is 0 Å². The lowest BCUT2D eigenvalue weighted by atomic mass is 10.2. The van der Waals surface area contributed by atoms with Crippen LogP contribution in [-0.2, 0) is 18.4 Å². The van der Waals surface area contributed by atoms with E-state index in [9.17, 15) is 9.59 Å². The Balaban J connectivity index is 2.03. The van der Waals surface area contributed by atoms with Gasteiger partial charge in [-0.3, -0.25) is 9.36 Å². The van der Waals surface area contributed by atoms with Crippen molar-refractivity contribution < 1.29 is 4.79 Å². The fourth-order valence-corrected chi connectivity index (χ4v) is 2.39. The van der Waals surface area contributed by atoms with Crippen molar-refractivity contribution in [1.82, 2.24) is 9.13 Å². The van der Waals surface area contributed by atoms with Crippen LogP contribution in [0.15, 0.2) is 29.3 Å². The highest BCUT2D eigenvalue weighted by atomic mass is 35.5. The normalized spacial score (nSPS) is 10.6. The maximum absolute atomic E-state index is 11.9. The Morgan fingerprint density at radius 2 is 2.05 bits per heavy atom. The minimum absolute atomic E-state index is 0.127. The van der Waals surface area contributed by atoms with E-state index in [1.165, 1.54) is 21.3 Å². The van der Waals surface area contributed by atoms with E-state index < -0.39 is 0 Å². The Kier molecular flexibility index (Phi) is 4.59. The molecule has 0 atom stereocenters. The number of aromatic nitrogens is 2. The first-order valence-corrected chi connectivity index (χ1v) is 6.90. The molecule has 0 radical (unpaired) electrons. The number of hydrogen-bond donors (Lipinski definition) is 2. The standard InChI is InChI=1S/C13H14Cl2N4O2/c1-18-4-5-19(13(18)21)3-2-11(20)17-12-9(15)6-8(14)7-10(12)16/h4-7H,2-3,16H2,1H3,(H,17,20). The van der Waals surface area contributed by atoms with Gasteiger partial charge in [0.25, 0.3) is 0 Å². The monoisotopic (exact) mass is 328 g/mol. The van der Waals surface area contributed by atoms with Crippen LogP contribution in [0.3, 0.4) is 0 Å². The van der Waals surface area contributed by atoms with E-state index in [0.29, 0.717) is 10.7 Å². The number of carbonyl (C=O) groups is 1. The van der Waals surface area contributed by atoms with Crippen molar-refractivity contribution in [3.05, 3.63) is 45.1 Å². The number of nitrogens with zero attached hydrogens (tertiary/aromatic N) is 2. The molecule has 0 bridgehead atoms. The molecule has 0 unspecified atom stereocenters. The second-order valence-electron chi connectivity index (χ2n) is 4.54. The highest BCUT2D eigenvalue weighted by molar-refractivity contribution is 6.37. The highest BCUT2D eigenvalue weighted by Gasteiger charge is 2.11. The summed E-state index contributed by atoms with van der Waals surface area (Å²) in [6.07, 6.45) is 3.38. The first-order chi connectivity index (χ1) is 9.88. The summed E-state index contributed by atoms with van der Waals surface area (Å²) < 4.78 is 2.89. The number of hydrogen-bond acceptors (Lipinski definition) is 3. The molecule has 1 aromatic carbocycles. The molecule has 1 amide bonds. The largest absolute Gasteiger partial charge is 0.397 e. The molecule has 0 saturated carbocycles. The Morgan fingerprint density at radius 1 is 1.33 bits per heavy atom. The highest BCUT2D eigenvalue weighted by Crippen LogP contribution is 2.32. The molecule has 0 aliphatic rings. The summed E-state index contributed by atoms with van der Waals surface area (Å²) in [5.74, 6) is -0.290. The number of rotatable bonds is 4. The molecule has 1 heterocycles. The average Bonchev–Trinajstić information content (AvgIpc) is 2.72. The molecule has 0 aliphatic carbocycles. The van der Waals surface area contributed by atoms with Crippen LogP contribution in [0.1, 0.15) is 6.42 Å². The van der Waals surface area contributed by atoms with Gasteiger partial charge in [-0.1, -0.05) is 23.2 Å². The topological polar surface area (TPSA) is 82.1 Å². The number of nitrogens with two attached hydrogens (primary N) is 1. The molecule has 0 saturated heterocycles. The minimum atomic E-state index is -0.290. The predicted molar refractivity (Wildman–Crippen MR) is 83.8 cm³/mol. The summed E-state index contributed by atoms with van der Waals surface area (Å²) in [7, 11) is 1.65. The first-order valence-electron chi connectivity index (χ1n) is 6.14. The number of anilines is 2. The molecule has 1 aromatic heterocycles. The number of carbonyl (C=O) groups excluding carboxylic acids is 1. The van der Waals surface area contributed by atoms with Crippen LogP contribution in [0, 0.1) is 0 Å². The molecule has 2 rings (SSSR count). The SMILES string of the molecule is Cn1ccn(CCC(=O)Nc2c(N)cc(Cl)cc2Cl)c1=O. The molecular formula is C13H14Cl2N4O2. The molecule has 21 heavy (non-hydrogen) atoms. The molecule has 2 aromatic rings. The average molecular weight is 329 g/mol. The number of aryl methyl sites for hydroxylation is 2. The Bertz CT molecular complexity index is 713. The fraction of sp³-hybridized carbons (Fsp3) is 0.231. The van der Waals surface area contributed by atoms with Crippen molar-refractivity contribution in [3.8, 4) is 0 Å². The molecule has 0 fully saturated rings. The maximum Gasteiger partial charge on any atom is 0.327 e. The summed E-state index contributed by atoms with van der Waals surface area (Å²) in [5, 5.41) is 3.29. The minimum Gasteiger partial charge on any atom is -0.397 e. The van der Waals surface area contributed by atoms with Crippen molar-refractivity contribution in [2.45, 2.75) is 13.0 Å². The second-order valence-corrected chi connectivity index (χ2v) is 5.38. The Morgan fingerprint density at radius 3 is 2.62 bits per heavy atom. The van der Waals surface area contributed by atoms with Crippen LogP contribution in [0.4, 0.5) is 11.4 Å². The number of halogens is 2. The summed E-state index contributed by atoms with van der Waals surface area (Å²) in [5.41, 5.74) is 6.20. The van der Waals surface area contributed by atoms with Crippen molar-refractivity contribution in [1.29, 1.82) is 0 Å². The van der Waals surface area contributed by atoms with Gasteiger partial charge in [0.1, 0.15) is 0 Å². The van der Waals surface area contributed by atoms with Gasteiger partial charge in [-0.05, 0) is 12.1 Å². The van der Waals surface area contributed by atoms with Gasteiger partial charge < -0.3 is 15.6 Å². The number of nitrogens with one attached hydrogen (secondary N) is 1. The zero-order valence-electron chi connectivity index (χ0n) is 11.3. The number of imidazole rings is 1. The van der Waals surface area contributed by atoms with E-state index in [1.54, 1.807) is 19.4 Å².